The molecule has 0 spiro atoms. The average Bonchev–Trinajstić information content (AvgIpc) is 2.42. The van der Waals surface area contributed by atoms with Crippen molar-refractivity contribution in [1.82, 2.24) is 5.32 Å². The summed E-state index contributed by atoms with van der Waals surface area (Å²) >= 11 is 0. The third-order valence-electron chi connectivity index (χ3n) is 3.04. The maximum absolute atomic E-state index is 13.1. The van der Waals surface area contributed by atoms with Crippen LogP contribution in [0, 0.1) is 24.4 Å². The summed E-state index contributed by atoms with van der Waals surface area (Å²) in [5.74, 6) is -1.65. The Labute approximate surface area is 126 Å². The monoisotopic (exact) mass is 308 g/mol. The second kappa shape index (κ2) is 6.98. The van der Waals surface area contributed by atoms with Crippen molar-refractivity contribution >= 4 is 11.7 Å². The van der Waals surface area contributed by atoms with Gasteiger partial charge in [0.1, 0.15) is 17.5 Å². The highest BCUT2D eigenvalue weighted by atomic mass is 19.1. The van der Waals surface area contributed by atoms with Crippen LogP contribution in [-0.2, 0) is 6.42 Å². The summed E-state index contributed by atoms with van der Waals surface area (Å²) in [6.45, 7) is 1.81. The summed E-state index contributed by atoms with van der Waals surface area (Å²) in [4.78, 5) is 11.7. The van der Waals surface area contributed by atoms with E-state index in [1.165, 1.54) is 30.3 Å². The number of anilines is 1. The molecular weight excluding hydrogens is 293 g/mol. The maximum atomic E-state index is 13.1. The van der Waals surface area contributed by atoms with Gasteiger partial charge < -0.3 is 10.6 Å². The van der Waals surface area contributed by atoms with Gasteiger partial charge in [0.25, 0.3) is 0 Å². The minimum Gasteiger partial charge on any atom is -0.338 e. The normalized spacial score (nSPS) is 10.4. The molecule has 2 rings (SSSR count). The smallest absolute Gasteiger partial charge is 0.319 e. The minimum atomic E-state index is -0.652. The molecule has 0 aliphatic carbocycles. The number of aryl methyl sites for hydroxylation is 1. The number of hydrogen-bond acceptors (Lipinski definition) is 1. The van der Waals surface area contributed by atoms with E-state index in [2.05, 4.69) is 10.6 Å². The molecule has 2 N–H and O–H groups in total. The zero-order valence-corrected chi connectivity index (χ0v) is 11.9. The van der Waals surface area contributed by atoms with E-state index in [0.29, 0.717) is 23.2 Å². The van der Waals surface area contributed by atoms with Crippen LogP contribution in [0.15, 0.2) is 36.4 Å². The van der Waals surface area contributed by atoms with E-state index >= 15 is 0 Å². The van der Waals surface area contributed by atoms with Crippen molar-refractivity contribution in [3.05, 3.63) is 65.0 Å². The highest BCUT2D eigenvalue weighted by Crippen LogP contribution is 2.13. The lowest BCUT2D eigenvalue weighted by Crippen LogP contribution is -2.30. The van der Waals surface area contributed by atoms with Gasteiger partial charge in [-0.15, -0.1) is 0 Å². The molecule has 0 aliphatic rings. The van der Waals surface area contributed by atoms with E-state index < -0.39 is 17.7 Å². The van der Waals surface area contributed by atoms with E-state index in [0.717, 1.165) is 6.07 Å². The SMILES string of the molecule is Cc1cc(NC(=O)NCCc2cc(F)cc(F)c2)ccc1F. The van der Waals surface area contributed by atoms with Gasteiger partial charge in [-0.1, -0.05) is 0 Å². The van der Waals surface area contributed by atoms with Crippen LogP contribution in [0.3, 0.4) is 0 Å². The van der Waals surface area contributed by atoms with Gasteiger partial charge in [0.05, 0.1) is 0 Å². The van der Waals surface area contributed by atoms with Crippen molar-refractivity contribution in [3.63, 3.8) is 0 Å². The Morgan fingerprint density at radius 2 is 1.73 bits per heavy atom. The molecule has 0 saturated carbocycles. The third-order valence-corrected chi connectivity index (χ3v) is 3.04. The summed E-state index contributed by atoms with van der Waals surface area (Å²) in [5.41, 5.74) is 1.34. The number of rotatable bonds is 4. The van der Waals surface area contributed by atoms with Crippen LogP contribution in [0.5, 0.6) is 0 Å². The van der Waals surface area contributed by atoms with Crippen molar-refractivity contribution < 1.29 is 18.0 Å². The van der Waals surface area contributed by atoms with Crippen molar-refractivity contribution in [2.24, 2.45) is 0 Å². The lowest BCUT2D eigenvalue weighted by molar-refractivity contribution is 0.252. The summed E-state index contributed by atoms with van der Waals surface area (Å²) < 4.78 is 39.1. The first-order valence-electron chi connectivity index (χ1n) is 6.70. The van der Waals surface area contributed by atoms with E-state index in [1.54, 1.807) is 6.92 Å². The molecule has 0 atom stereocenters. The molecule has 0 aromatic heterocycles. The van der Waals surface area contributed by atoms with Crippen LogP contribution in [0.4, 0.5) is 23.7 Å². The van der Waals surface area contributed by atoms with Crippen molar-refractivity contribution in [3.8, 4) is 0 Å². The molecule has 0 bridgehead atoms. The molecule has 2 amide bonds. The Kier molecular flexibility index (Phi) is 5.04. The van der Waals surface area contributed by atoms with Crippen molar-refractivity contribution in [1.29, 1.82) is 0 Å². The molecule has 0 heterocycles. The Morgan fingerprint density at radius 1 is 1.05 bits per heavy atom. The first-order valence-corrected chi connectivity index (χ1v) is 6.70. The summed E-state index contributed by atoms with van der Waals surface area (Å²) in [6, 6.07) is 6.97. The first-order chi connectivity index (χ1) is 10.4. The highest BCUT2D eigenvalue weighted by Gasteiger charge is 2.05. The fraction of sp³-hybridized carbons (Fsp3) is 0.188. The molecule has 0 aliphatic heterocycles. The number of benzene rings is 2. The predicted octanol–water partition coefficient (Wildman–Crippen LogP) is 3.78. The number of halogens is 3. The Bertz CT molecular complexity index is 669. The van der Waals surface area contributed by atoms with Gasteiger partial charge in [0, 0.05) is 18.3 Å². The van der Waals surface area contributed by atoms with Crippen LogP contribution in [0.1, 0.15) is 11.1 Å². The molecular formula is C16H15F3N2O. The summed E-state index contributed by atoms with van der Waals surface area (Å²) in [6.07, 6.45) is 0.296. The Hall–Kier alpha value is -2.50. The third kappa shape index (κ3) is 4.51. The molecule has 3 nitrogen and oxygen atoms in total. The number of carbonyl (C=O) groups excluding carboxylic acids is 1. The van der Waals surface area contributed by atoms with Crippen LogP contribution in [-0.4, -0.2) is 12.6 Å². The lowest BCUT2D eigenvalue weighted by atomic mass is 10.1. The standard InChI is InChI=1S/C16H15F3N2O/c1-10-6-14(2-3-15(10)19)21-16(22)20-5-4-11-7-12(17)9-13(18)8-11/h2-3,6-9H,4-5H2,1H3,(H2,20,21,22). The largest absolute Gasteiger partial charge is 0.338 e. The van der Waals surface area contributed by atoms with E-state index in [9.17, 15) is 18.0 Å². The molecule has 6 heteroatoms. The summed E-state index contributed by atoms with van der Waals surface area (Å²) in [7, 11) is 0. The van der Waals surface area contributed by atoms with Gasteiger partial charge in [-0.05, 0) is 54.8 Å². The molecule has 2 aromatic rings. The van der Waals surface area contributed by atoms with E-state index in [1.807, 2.05) is 0 Å². The number of hydrogen-bond donors (Lipinski definition) is 2. The van der Waals surface area contributed by atoms with Gasteiger partial charge in [0.2, 0.25) is 0 Å². The lowest BCUT2D eigenvalue weighted by Gasteiger charge is -2.09. The maximum Gasteiger partial charge on any atom is 0.319 e. The van der Waals surface area contributed by atoms with Crippen LogP contribution in [0.2, 0.25) is 0 Å². The van der Waals surface area contributed by atoms with Gasteiger partial charge >= 0.3 is 6.03 Å². The summed E-state index contributed by atoms with van der Waals surface area (Å²) in [5, 5.41) is 5.12. The number of urea groups is 1. The molecule has 0 unspecified atom stereocenters. The fourth-order valence-electron chi connectivity index (χ4n) is 1.97. The zero-order valence-electron chi connectivity index (χ0n) is 11.9. The van der Waals surface area contributed by atoms with Gasteiger partial charge in [-0.25, -0.2) is 18.0 Å². The van der Waals surface area contributed by atoms with E-state index in [4.69, 9.17) is 0 Å². The molecule has 2 aromatic carbocycles. The van der Waals surface area contributed by atoms with Gasteiger partial charge in [0.15, 0.2) is 0 Å². The second-order valence-corrected chi connectivity index (χ2v) is 4.87. The number of amides is 2. The van der Waals surface area contributed by atoms with Crippen LogP contribution >= 0.6 is 0 Å². The topological polar surface area (TPSA) is 41.1 Å². The average molecular weight is 308 g/mol. The Balaban J connectivity index is 1.83. The first kappa shape index (κ1) is 15.9. The number of carbonyl (C=O) groups is 1. The fourth-order valence-corrected chi connectivity index (χ4v) is 1.97. The predicted molar refractivity (Wildman–Crippen MR) is 78.2 cm³/mol. The van der Waals surface area contributed by atoms with Crippen LogP contribution in [0.25, 0.3) is 0 Å². The van der Waals surface area contributed by atoms with E-state index in [-0.39, 0.29) is 12.4 Å². The molecule has 22 heavy (non-hydrogen) atoms. The number of nitrogens with one attached hydrogen (secondary N) is 2. The second-order valence-electron chi connectivity index (χ2n) is 4.87. The quantitative estimate of drug-likeness (QED) is 0.887. The zero-order chi connectivity index (χ0) is 16.1. The van der Waals surface area contributed by atoms with Gasteiger partial charge in [-0.2, -0.15) is 0 Å². The molecule has 0 radical (unpaired) electrons. The highest BCUT2D eigenvalue weighted by molar-refractivity contribution is 5.89. The van der Waals surface area contributed by atoms with Crippen molar-refractivity contribution in [2.75, 3.05) is 11.9 Å². The van der Waals surface area contributed by atoms with Crippen LogP contribution < -0.4 is 10.6 Å². The molecule has 0 fully saturated rings. The Morgan fingerprint density at radius 3 is 2.36 bits per heavy atom. The van der Waals surface area contributed by atoms with Crippen molar-refractivity contribution in [2.45, 2.75) is 13.3 Å². The minimum absolute atomic E-state index is 0.217. The molecule has 116 valence electrons. The molecule has 0 saturated heterocycles. The van der Waals surface area contributed by atoms with Gasteiger partial charge in [-0.3, -0.25) is 0 Å².